The van der Waals surface area contributed by atoms with Gasteiger partial charge in [0.25, 0.3) is 0 Å². The van der Waals surface area contributed by atoms with Gasteiger partial charge in [-0.3, -0.25) is 0 Å². The van der Waals surface area contributed by atoms with Gasteiger partial charge in [-0.2, -0.15) is 0 Å². The van der Waals surface area contributed by atoms with Gasteiger partial charge in [0.05, 0.1) is 10.7 Å². The zero-order valence-corrected chi connectivity index (χ0v) is 9.00. The van der Waals surface area contributed by atoms with Gasteiger partial charge in [-0.05, 0) is 24.3 Å². The topological polar surface area (TPSA) is 50.9 Å². The van der Waals surface area contributed by atoms with E-state index in [0.717, 1.165) is 0 Å². The number of nitrogens with zero attached hydrogens (tertiary/aromatic N) is 1. The van der Waals surface area contributed by atoms with Gasteiger partial charge in [0.2, 0.25) is 0 Å². The summed E-state index contributed by atoms with van der Waals surface area (Å²) in [4.78, 5) is 4.03. The zero-order chi connectivity index (χ0) is 11.5. The molecule has 0 fully saturated rings. The molecule has 0 unspecified atom stereocenters. The molecule has 0 radical (unpaired) electrons. The number of nitrogen functional groups attached to an aromatic ring is 1. The molecule has 0 atom stereocenters. The molecule has 5 heteroatoms. The molecule has 3 N–H and O–H groups in total. The lowest BCUT2D eigenvalue weighted by molar-refractivity contribution is 0.628. The maximum atomic E-state index is 13.0. The van der Waals surface area contributed by atoms with E-state index in [1.54, 1.807) is 18.3 Å². The maximum Gasteiger partial charge on any atom is 0.132 e. The van der Waals surface area contributed by atoms with Crippen LogP contribution in [0.2, 0.25) is 5.02 Å². The van der Waals surface area contributed by atoms with Crippen LogP contribution in [0.4, 0.5) is 21.6 Å². The molecule has 0 bridgehead atoms. The molecule has 1 aromatic heterocycles. The third-order valence-electron chi connectivity index (χ3n) is 1.98. The number of nitrogens with one attached hydrogen (secondary N) is 1. The zero-order valence-electron chi connectivity index (χ0n) is 8.24. The molecule has 2 rings (SSSR count). The first-order valence-electron chi connectivity index (χ1n) is 4.59. The molecule has 0 aliphatic heterocycles. The number of pyridine rings is 1. The van der Waals surface area contributed by atoms with Gasteiger partial charge in [0, 0.05) is 18.0 Å². The molecule has 1 heterocycles. The fourth-order valence-electron chi connectivity index (χ4n) is 1.25. The number of benzene rings is 1. The smallest absolute Gasteiger partial charge is 0.132 e. The highest BCUT2D eigenvalue weighted by Gasteiger charge is 2.03. The van der Waals surface area contributed by atoms with E-state index in [-0.39, 0.29) is 5.82 Å². The van der Waals surface area contributed by atoms with Crippen LogP contribution in [-0.2, 0) is 0 Å². The number of hydrogen-bond acceptors (Lipinski definition) is 3. The highest BCUT2D eigenvalue weighted by atomic mass is 35.5. The molecule has 0 aliphatic carbocycles. The van der Waals surface area contributed by atoms with Crippen LogP contribution in [0, 0.1) is 5.82 Å². The first-order chi connectivity index (χ1) is 7.65. The van der Waals surface area contributed by atoms with E-state index in [0.29, 0.717) is 22.2 Å². The highest BCUT2D eigenvalue weighted by molar-refractivity contribution is 6.33. The van der Waals surface area contributed by atoms with Crippen molar-refractivity contribution in [3.8, 4) is 0 Å². The second kappa shape index (κ2) is 4.37. The minimum atomic E-state index is -0.365. The van der Waals surface area contributed by atoms with Gasteiger partial charge in [0.15, 0.2) is 0 Å². The van der Waals surface area contributed by atoms with Gasteiger partial charge < -0.3 is 11.1 Å². The van der Waals surface area contributed by atoms with Crippen molar-refractivity contribution in [2.75, 3.05) is 11.1 Å². The summed E-state index contributed by atoms with van der Waals surface area (Å²) in [5.41, 5.74) is 6.63. The van der Waals surface area contributed by atoms with Crippen molar-refractivity contribution in [1.82, 2.24) is 4.98 Å². The van der Waals surface area contributed by atoms with Crippen LogP contribution in [0.5, 0.6) is 0 Å². The number of hydrogen-bond donors (Lipinski definition) is 2. The molecule has 82 valence electrons. The first kappa shape index (κ1) is 10.7. The van der Waals surface area contributed by atoms with E-state index >= 15 is 0 Å². The Morgan fingerprint density at radius 1 is 1.25 bits per heavy atom. The molecule has 0 amide bonds. The summed E-state index contributed by atoms with van der Waals surface area (Å²) in [5.74, 6) is 0.156. The number of aromatic nitrogens is 1. The minimum absolute atomic E-state index is 0.365. The van der Waals surface area contributed by atoms with E-state index in [2.05, 4.69) is 10.3 Å². The predicted octanol–water partition coefficient (Wildman–Crippen LogP) is 3.20. The van der Waals surface area contributed by atoms with Crippen LogP contribution in [0.1, 0.15) is 0 Å². The van der Waals surface area contributed by atoms with Crippen molar-refractivity contribution < 1.29 is 4.39 Å². The Balaban J connectivity index is 2.30. The Labute approximate surface area is 97.1 Å². The van der Waals surface area contributed by atoms with Crippen molar-refractivity contribution in [3.63, 3.8) is 0 Å². The summed E-state index contributed by atoms with van der Waals surface area (Å²) < 4.78 is 13.0. The molecule has 0 saturated carbocycles. The van der Waals surface area contributed by atoms with Crippen molar-refractivity contribution in [2.45, 2.75) is 0 Å². The van der Waals surface area contributed by atoms with Gasteiger partial charge in [0.1, 0.15) is 11.6 Å². The third kappa shape index (κ3) is 2.41. The quantitative estimate of drug-likeness (QED) is 0.843. The Kier molecular flexibility index (Phi) is 2.92. The van der Waals surface area contributed by atoms with Crippen LogP contribution in [0.3, 0.4) is 0 Å². The number of rotatable bonds is 2. The Morgan fingerprint density at radius 3 is 2.81 bits per heavy atom. The van der Waals surface area contributed by atoms with Gasteiger partial charge in [-0.1, -0.05) is 11.6 Å². The maximum absolute atomic E-state index is 13.0. The summed E-state index contributed by atoms with van der Waals surface area (Å²) in [6.45, 7) is 0. The molecule has 3 nitrogen and oxygen atoms in total. The Morgan fingerprint density at radius 2 is 2.06 bits per heavy atom. The van der Waals surface area contributed by atoms with E-state index in [1.165, 1.54) is 18.2 Å². The summed E-state index contributed by atoms with van der Waals surface area (Å²) in [7, 11) is 0. The van der Waals surface area contributed by atoms with Gasteiger partial charge >= 0.3 is 0 Å². The summed E-state index contributed by atoms with van der Waals surface area (Å²) in [6, 6.07) is 7.37. The van der Waals surface area contributed by atoms with Crippen molar-refractivity contribution in [1.29, 1.82) is 0 Å². The van der Waals surface area contributed by atoms with Crippen LogP contribution in [0.15, 0.2) is 36.5 Å². The SMILES string of the molecule is Nc1ccnc(Nc2cc(F)ccc2Cl)c1. The Hall–Kier alpha value is -1.81. The largest absolute Gasteiger partial charge is 0.399 e. The van der Waals surface area contributed by atoms with Crippen molar-refractivity contribution in [2.24, 2.45) is 0 Å². The molecule has 16 heavy (non-hydrogen) atoms. The molecule has 0 saturated heterocycles. The predicted molar refractivity (Wildman–Crippen MR) is 63.3 cm³/mol. The van der Waals surface area contributed by atoms with E-state index in [1.807, 2.05) is 0 Å². The van der Waals surface area contributed by atoms with Crippen molar-refractivity contribution >= 4 is 28.8 Å². The number of nitrogens with two attached hydrogens (primary N) is 1. The average molecular weight is 238 g/mol. The van der Waals surface area contributed by atoms with Crippen LogP contribution in [-0.4, -0.2) is 4.98 Å². The second-order valence-electron chi connectivity index (χ2n) is 3.22. The lowest BCUT2D eigenvalue weighted by atomic mass is 10.3. The summed E-state index contributed by atoms with van der Waals surface area (Å²) >= 11 is 5.90. The number of anilines is 3. The minimum Gasteiger partial charge on any atom is -0.399 e. The summed E-state index contributed by atoms with van der Waals surface area (Å²) in [5, 5.41) is 3.31. The monoisotopic (exact) mass is 237 g/mol. The second-order valence-corrected chi connectivity index (χ2v) is 3.63. The standard InChI is InChI=1S/C11H9ClFN3/c12-9-2-1-7(13)5-10(9)16-11-6-8(14)3-4-15-11/h1-6H,(H3,14,15,16). The van der Waals surface area contributed by atoms with Gasteiger partial charge in [-0.25, -0.2) is 9.37 Å². The van der Waals surface area contributed by atoms with E-state index < -0.39 is 0 Å². The lowest BCUT2D eigenvalue weighted by Gasteiger charge is -2.07. The molecule has 1 aromatic carbocycles. The van der Waals surface area contributed by atoms with Gasteiger partial charge in [-0.15, -0.1) is 0 Å². The molecule has 0 spiro atoms. The highest BCUT2D eigenvalue weighted by Crippen LogP contribution is 2.25. The van der Waals surface area contributed by atoms with E-state index in [4.69, 9.17) is 17.3 Å². The lowest BCUT2D eigenvalue weighted by Crippen LogP contribution is -1.96. The molecular formula is C11H9ClFN3. The fourth-order valence-corrected chi connectivity index (χ4v) is 1.41. The Bertz CT molecular complexity index is 516. The average Bonchev–Trinajstić information content (AvgIpc) is 2.24. The number of halogens is 2. The normalized spacial score (nSPS) is 10.1. The van der Waals surface area contributed by atoms with Crippen molar-refractivity contribution in [3.05, 3.63) is 47.4 Å². The fraction of sp³-hybridized carbons (Fsp3) is 0. The molecule has 0 aliphatic rings. The molecular weight excluding hydrogens is 229 g/mol. The van der Waals surface area contributed by atoms with Crippen LogP contribution in [0.25, 0.3) is 0 Å². The third-order valence-corrected chi connectivity index (χ3v) is 2.30. The van der Waals surface area contributed by atoms with E-state index in [9.17, 15) is 4.39 Å². The molecule has 2 aromatic rings. The van der Waals surface area contributed by atoms with Crippen LogP contribution < -0.4 is 11.1 Å². The van der Waals surface area contributed by atoms with Crippen LogP contribution >= 0.6 is 11.6 Å². The first-order valence-corrected chi connectivity index (χ1v) is 4.96. The summed E-state index contributed by atoms with van der Waals surface area (Å²) in [6.07, 6.45) is 1.56.